The predicted octanol–water partition coefficient (Wildman–Crippen LogP) is -4.46. The Hall–Kier alpha value is -0.660. The van der Waals surface area contributed by atoms with Gasteiger partial charge in [0.05, 0.1) is 18.7 Å². The van der Waals surface area contributed by atoms with Gasteiger partial charge in [-0.15, -0.1) is 0 Å². The molecule has 3 N–H and O–H groups in total. The number of aliphatic carboxylic acids is 2. The summed E-state index contributed by atoms with van der Waals surface area (Å²) >= 11 is 0. The summed E-state index contributed by atoms with van der Waals surface area (Å²) in [4.78, 5) is 18.4. The van der Waals surface area contributed by atoms with Gasteiger partial charge in [0.1, 0.15) is 0 Å². The van der Waals surface area contributed by atoms with Crippen LogP contribution in [0.15, 0.2) is 25.3 Å². The Balaban J connectivity index is -0.0000000655. The molecule has 0 spiro atoms. The molecule has 0 radical (unpaired) electrons. The summed E-state index contributed by atoms with van der Waals surface area (Å²) in [5, 5.41) is 32.7. The molecule has 0 fully saturated rings. The van der Waals surface area contributed by atoms with Gasteiger partial charge in [0.15, 0.2) is 0 Å². The van der Waals surface area contributed by atoms with Gasteiger partial charge in [-0.2, -0.15) is 0 Å². The Kier molecular flexibility index (Phi) is 30.4. The van der Waals surface area contributed by atoms with Crippen LogP contribution in [0.4, 0.5) is 0 Å². The fourth-order valence-corrected chi connectivity index (χ4v) is 0. The van der Waals surface area contributed by atoms with Gasteiger partial charge in [0.2, 0.25) is 0 Å². The van der Waals surface area contributed by atoms with E-state index in [0.717, 1.165) is 12.2 Å². The Morgan fingerprint density at radius 2 is 1.56 bits per heavy atom. The number of hydrogen-bond donors (Lipinski definition) is 3. The molecular formula is C9H15NaO6. The number of aliphatic hydroxyl groups is 2. The van der Waals surface area contributed by atoms with Crippen LogP contribution in [-0.4, -0.2) is 40.0 Å². The molecule has 0 aromatic heterocycles. The van der Waals surface area contributed by atoms with Crippen LogP contribution in [0.25, 0.3) is 0 Å². The molecule has 7 heteroatoms. The minimum absolute atomic E-state index is 0. The summed E-state index contributed by atoms with van der Waals surface area (Å²) in [6, 6.07) is 0. The Bertz CT molecular complexity index is 184. The van der Waals surface area contributed by atoms with Crippen molar-refractivity contribution < 1.29 is 59.6 Å². The fourth-order valence-electron chi connectivity index (χ4n) is 0. The van der Waals surface area contributed by atoms with Crippen molar-refractivity contribution in [2.45, 2.75) is 13.0 Å². The third kappa shape index (κ3) is 71.2. The summed E-state index contributed by atoms with van der Waals surface area (Å²) in [5.74, 6) is -2.21. The van der Waals surface area contributed by atoms with Crippen molar-refractivity contribution in [1.82, 2.24) is 0 Å². The predicted molar refractivity (Wildman–Crippen MR) is 51.8 cm³/mol. The number of carbonyl (C=O) groups excluding carboxylic acids is 1. The van der Waals surface area contributed by atoms with Gasteiger partial charge in [-0.1, -0.05) is 13.2 Å². The summed E-state index contributed by atoms with van der Waals surface area (Å²) in [7, 11) is 0. The van der Waals surface area contributed by atoms with E-state index in [0.29, 0.717) is 0 Å². The van der Waals surface area contributed by atoms with Gasteiger partial charge in [0.25, 0.3) is 0 Å². The van der Waals surface area contributed by atoms with Crippen molar-refractivity contribution in [3.63, 3.8) is 0 Å². The first-order valence-corrected chi connectivity index (χ1v) is 3.79. The van der Waals surface area contributed by atoms with E-state index in [1.165, 1.54) is 6.92 Å². The van der Waals surface area contributed by atoms with Crippen molar-refractivity contribution >= 4 is 11.9 Å². The zero-order valence-electron chi connectivity index (χ0n) is 9.42. The standard InChI is InChI=1S/C3H8O2.2C3H4O2.Na/c1-3(5)2-4;2*1-2-3(4)5;/h3-5H,2H2,1H3;2*2H,1H2,(H,4,5);/q;;;+1/p-1. The summed E-state index contributed by atoms with van der Waals surface area (Å²) in [6.45, 7) is 7.25. The molecule has 0 aliphatic carbocycles. The fraction of sp³-hybridized carbons (Fsp3) is 0.333. The molecule has 6 nitrogen and oxygen atoms in total. The molecule has 0 aromatic rings. The summed E-state index contributed by atoms with van der Waals surface area (Å²) in [5.41, 5.74) is 0. The quantitative estimate of drug-likeness (QED) is 0.339. The van der Waals surface area contributed by atoms with Gasteiger partial charge in [-0.3, -0.25) is 0 Å². The monoisotopic (exact) mass is 242 g/mol. The minimum Gasteiger partial charge on any atom is -0.545 e. The van der Waals surface area contributed by atoms with E-state index in [2.05, 4.69) is 13.2 Å². The van der Waals surface area contributed by atoms with E-state index in [-0.39, 0.29) is 36.2 Å². The Morgan fingerprint density at radius 3 is 1.56 bits per heavy atom. The number of aliphatic hydroxyl groups excluding tert-OH is 2. The smallest absolute Gasteiger partial charge is 0.545 e. The van der Waals surface area contributed by atoms with Crippen LogP contribution in [0, 0.1) is 0 Å². The zero-order valence-corrected chi connectivity index (χ0v) is 11.4. The van der Waals surface area contributed by atoms with Crippen LogP contribution in [0.2, 0.25) is 0 Å². The van der Waals surface area contributed by atoms with Gasteiger partial charge >= 0.3 is 35.5 Å². The third-order valence-corrected chi connectivity index (χ3v) is 0.606. The number of hydrogen-bond acceptors (Lipinski definition) is 5. The second-order valence-corrected chi connectivity index (χ2v) is 2.10. The molecule has 0 rings (SSSR count). The van der Waals surface area contributed by atoms with Crippen LogP contribution in [0.5, 0.6) is 0 Å². The van der Waals surface area contributed by atoms with Crippen LogP contribution >= 0.6 is 0 Å². The van der Waals surface area contributed by atoms with Crippen LogP contribution in [-0.2, 0) is 9.59 Å². The first-order chi connectivity index (χ1) is 6.81. The number of carbonyl (C=O) groups is 2. The number of carboxylic acid groups (broad SMARTS) is 2. The molecule has 16 heavy (non-hydrogen) atoms. The summed E-state index contributed by atoms with van der Waals surface area (Å²) < 4.78 is 0. The average Bonchev–Trinajstić information content (AvgIpc) is 2.19. The molecule has 0 amide bonds. The van der Waals surface area contributed by atoms with Crippen molar-refractivity contribution in [2.75, 3.05) is 6.61 Å². The topological polar surface area (TPSA) is 118 Å². The van der Waals surface area contributed by atoms with Crippen LogP contribution < -0.4 is 34.7 Å². The molecule has 1 atom stereocenters. The number of rotatable bonds is 3. The zero-order chi connectivity index (χ0) is 12.9. The van der Waals surface area contributed by atoms with E-state index >= 15 is 0 Å². The largest absolute Gasteiger partial charge is 1.00 e. The minimum atomic E-state index is -1.23. The molecule has 1 unspecified atom stereocenters. The SMILES string of the molecule is C=CC(=O)O.C=CC(=O)[O-].CC(O)CO.[Na+]. The van der Waals surface area contributed by atoms with Crippen LogP contribution in [0.3, 0.4) is 0 Å². The third-order valence-electron chi connectivity index (χ3n) is 0.606. The van der Waals surface area contributed by atoms with Crippen LogP contribution in [0.1, 0.15) is 6.92 Å². The van der Waals surface area contributed by atoms with E-state index in [1.807, 2.05) is 0 Å². The van der Waals surface area contributed by atoms with Crippen molar-refractivity contribution in [2.24, 2.45) is 0 Å². The summed E-state index contributed by atoms with van der Waals surface area (Å²) in [6.07, 6.45) is 0.995. The molecule has 0 saturated heterocycles. The molecular weight excluding hydrogens is 227 g/mol. The van der Waals surface area contributed by atoms with Crippen molar-refractivity contribution in [1.29, 1.82) is 0 Å². The van der Waals surface area contributed by atoms with E-state index in [1.54, 1.807) is 0 Å². The molecule has 0 aliphatic heterocycles. The Morgan fingerprint density at radius 1 is 1.38 bits per heavy atom. The normalized spacial score (nSPS) is 8.69. The van der Waals surface area contributed by atoms with E-state index < -0.39 is 18.0 Å². The average molecular weight is 242 g/mol. The first kappa shape index (κ1) is 24.5. The van der Waals surface area contributed by atoms with E-state index in [4.69, 9.17) is 25.2 Å². The van der Waals surface area contributed by atoms with Gasteiger partial charge in [-0.25, -0.2) is 4.79 Å². The van der Waals surface area contributed by atoms with E-state index in [9.17, 15) is 4.79 Å². The second kappa shape index (κ2) is 19.8. The van der Waals surface area contributed by atoms with Gasteiger partial charge in [0, 0.05) is 6.08 Å². The maximum absolute atomic E-state index is 9.25. The van der Waals surface area contributed by atoms with Crippen molar-refractivity contribution in [3.8, 4) is 0 Å². The van der Waals surface area contributed by atoms with Gasteiger partial charge in [-0.05, 0) is 13.0 Å². The molecule has 0 heterocycles. The van der Waals surface area contributed by atoms with Gasteiger partial charge < -0.3 is 25.2 Å². The number of carboxylic acids is 2. The maximum Gasteiger partial charge on any atom is 1.00 e. The van der Waals surface area contributed by atoms with Crippen molar-refractivity contribution in [3.05, 3.63) is 25.3 Å². The maximum atomic E-state index is 9.25. The second-order valence-electron chi connectivity index (χ2n) is 2.10. The molecule has 88 valence electrons. The molecule has 0 aromatic carbocycles. The molecule has 0 aliphatic rings. The Labute approximate surface area is 116 Å². The molecule has 0 bridgehead atoms. The first-order valence-electron chi connectivity index (χ1n) is 3.79. The molecule has 0 saturated carbocycles.